The van der Waals surface area contributed by atoms with Gasteiger partial charge in [-0.25, -0.2) is 0 Å². The molecule has 2 fully saturated rings. The van der Waals surface area contributed by atoms with Gasteiger partial charge in [-0.1, -0.05) is 53.9 Å². The van der Waals surface area contributed by atoms with Crippen LogP contribution in [0.2, 0.25) is 0 Å². The van der Waals surface area contributed by atoms with Gasteiger partial charge in [0.2, 0.25) is 0 Å². The SMILES string of the molecule is CCNC1C(N2CCC(CC)(CC)CC2)CCCC1(C)C. The van der Waals surface area contributed by atoms with Gasteiger partial charge in [0, 0.05) is 12.1 Å². The largest absolute Gasteiger partial charge is 0.312 e. The summed E-state index contributed by atoms with van der Waals surface area (Å²) in [5.41, 5.74) is 1.09. The number of likely N-dealkylation sites (tertiary alicyclic amines) is 1. The molecule has 2 rings (SSSR count). The first-order chi connectivity index (χ1) is 9.98. The fourth-order valence-corrected chi connectivity index (χ4v) is 4.92. The molecule has 0 aromatic carbocycles. The molecule has 2 atom stereocenters. The van der Waals surface area contributed by atoms with Crippen molar-refractivity contribution in [2.75, 3.05) is 19.6 Å². The van der Waals surface area contributed by atoms with Crippen LogP contribution in [0.5, 0.6) is 0 Å². The summed E-state index contributed by atoms with van der Waals surface area (Å²) in [5.74, 6) is 0. The van der Waals surface area contributed by atoms with Crippen LogP contribution in [0.25, 0.3) is 0 Å². The predicted molar refractivity (Wildman–Crippen MR) is 92.7 cm³/mol. The number of hydrogen-bond donors (Lipinski definition) is 1. The highest BCUT2D eigenvalue weighted by Crippen LogP contribution is 2.42. The van der Waals surface area contributed by atoms with Crippen molar-refractivity contribution in [3.8, 4) is 0 Å². The van der Waals surface area contributed by atoms with E-state index in [0.717, 1.165) is 12.6 Å². The molecule has 0 bridgehead atoms. The van der Waals surface area contributed by atoms with Gasteiger partial charge < -0.3 is 5.32 Å². The lowest BCUT2D eigenvalue weighted by atomic mass is 9.68. The predicted octanol–water partition coefficient (Wildman–Crippen LogP) is 4.45. The summed E-state index contributed by atoms with van der Waals surface area (Å²) in [6.07, 6.45) is 9.73. The van der Waals surface area contributed by atoms with Crippen LogP contribution in [0.3, 0.4) is 0 Å². The quantitative estimate of drug-likeness (QED) is 0.806. The number of likely N-dealkylation sites (N-methyl/N-ethyl adjacent to an activating group) is 1. The Morgan fingerprint density at radius 2 is 1.62 bits per heavy atom. The molecule has 1 N–H and O–H groups in total. The maximum absolute atomic E-state index is 3.83. The lowest BCUT2D eigenvalue weighted by Crippen LogP contribution is -2.60. The number of piperidine rings is 1. The Labute approximate surface area is 133 Å². The van der Waals surface area contributed by atoms with Gasteiger partial charge >= 0.3 is 0 Å². The summed E-state index contributed by atoms with van der Waals surface area (Å²) in [6.45, 7) is 15.7. The molecular weight excluding hydrogens is 256 g/mol. The van der Waals surface area contributed by atoms with E-state index in [1.54, 1.807) is 0 Å². The van der Waals surface area contributed by atoms with E-state index < -0.39 is 0 Å². The van der Waals surface area contributed by atoms with Crippen LogP contribution < -0.4 is 5.32 Å². The van der Waals surface area contributed by atoms with Crippen LogP contribution in [-0.2, 0) is 0 Å². The zero-order valence-electron chi connectivity index (χ0n) is 15.2. The van der Waals surface area contributed by atoms with Crippen LogP contribution in [-0.4, -0.2) is 36.6 Å². The Morgan fingerprint density at radius 3 is 2.14 bits per heavy atom. The van der Waals surface area contributed by atoms with Crippen molar-refractivity contribution in [2.24, 2.45) is 10.8 Å². The highest BCUT2D eigenvalue weighted by atomic mass is 15.2. The highest BCUT2D eigenvalue weighted by Gasteiger charge is 2.43. The molecule has 124 valence electrons. The summed E-state index contributed by atoms with van der Waals surface area (Å²) in [4.78, 5) is 2.83. The van der Waals surface area contributed by atoms with Gasteiger partial charge in [-0.3, -0.25) is 4.90 Å². The van der Waals surface area contributed by atoms with E-state index in [1.165, 1.54) is 58.0 Å². The normalized spacial score (nSPS) is 33.0. The molecule has 2 nitrogen and oxygen atoms in total. The molecule has 1 saturated heterocycles. The Balaban J connectivity index is 2.03. The summed E-state index contributed by atoms with van der Waals surface area (Å²) in [6, 6.07) is 1.44. The topological polar surface area (TPSA) is 15.3 Å². The third-order valence-corrected chi connectivity index (χ3v) is 6.80. The average molecular weight is 295 g/mol. The van der Waals surface area contributed by atoms with Crippen molar-refractivity contribution >= 4 is 0 Å². The Morgan fingerprint density at radius 1 is 1.00 bits per heavy atom. The van der Waals surface area contributed by atoms with Gasteiger partial charge in [0.05, 0.1) is 0 Å². The molecule has 1 aliphatic carbocycles. The van der Waals surface area contributed by atoms with Crippen molar-refractivity contribution in [3.05, 3.63) is 0 Å². The second kappa shape index (κ2) is 7.00. The maximum atomic E-state index is 3.83. The van der Waals surface area contributed by atoms with E-state index in [-0.39, 0.29) is 0 Å². The Hall–Kier alpha value is -0.0800. The highest BCUT2D eigenvalue weighted by molar-refractivity contribution is 4.99. The summed E-state index contributed by atoms with van der Waals surface area (Å²) >= 11 is 0. The van der Waals surface area contributed by atoms with Crippen LogP contribution in [0.4, 0.5) is 0 Å². The van der Waals surface area contributed by atoms with Crippen molar-refractivity contribution in [1.29, 1.82) is 0 Å². The molecule has 0 aromatic rings. The molecule has 0 aromatic heterocycles. The van der Waals surface area contributed by atoms with Crippen molar-refractivity contribution < 1.29 is 0 Å². The van der Waals surface area contributed by atoms with Crippen molar-refractivity contribution in [1.82, 2.24) is 10.2 Å². The number of hydrogen-bond acceptors (Lipinski definition) is 2. The van der Waals surface area contributed by atoms with Gasteiger partial charge in [0.1, 0.15) is 0 Å². The van der Waals surface area contributed by atoms with Gasteiger partial charge in [0.25, 0.3) is 0 Å². The van der Waals surface area contributed by atoms with Crippen LogP contribution >= 0.6 is 0 Å². The number of nitrogens with zero attached hydrogens (tertiary/aromatic N) is 1. The van der Waals surface area contributed by atoms with Crippen LogP contribution in [0.1, 0.15) is 79.6 Å². The van der Waals surface area contributed by atoms with Gasteiger partial charge in [0.15, 0.2) is 0 Å². The molecule has 0 spiro atoms. The first-order valence-corrected chi connectivity index (χ1v) is 9.45. The second-order valence-corrected chi connectivity index (χ2v) is 8.23. The Kier molecular flexibility index (Phi) is 5.76. The van der Waals surface area contributed by atoms with E-state index >= 15 is 0 Å². The fraction of sp³-hybridized carbons (Fsp3) is 1.00. The van der Waals surface area contributed by atoms with E-state index in [4.69, 9.17) is 0 Å². The summed E-state index contributed by atoms with van der Waals surface area (Å²) in [7, 11) is 0. The zero-order chi connectivity index (χ0) is 15.5. The molecular formula is C19H38N2. The average Bonchev–Trinajstić information content (AvgIpc) is 2.49. The molecule has 2 aliphatic rings. The zero-order valence-corrected chi connectivity index (χ0v) is 15.2. The molecule has 1 saturated carbocycles. The first-order valence-electron chi connectivity index (χ1n) is 9.45. The van der Waals surface area contributed by atoms with E-state index in [9.17, 15) is 0 Å². The molecule has 2 unspecified atom stereocenters. The summed E-state index contributed by atoms with van der Waals surface area (Å²) < 4.78 is 0. The minimum atomic E-state index is 0.447. The lowest BCUT2D eigenvalue weighted by molar-refractivity contribution is 0.00557. The van der Waals surface area contributed by atoms with E-state index in [0.29, 0.717) is 16.9 Å². The van der Waals surface area contributed by atoms with Crippen molar-refractivity contribution in [2.45, 2.75) is 91.6 Å². The maximum Gasteiger partial charge on any atom is 0.0274 e. The lowest BCUT2D eigenvalue weighted by Gasteiger charge is -2.52. The molecule has 21 heavy (non-hydrogen) atoms. The molecule has 0 amide bonds. The van der Waals surface area contributed by atoms with E-state index in [2.05, 4.69) is 44.8 Å². The van der Waals surface area contributed by atoms with Crippen LogP contribution in [0.15, 0.2) is 0 Å². The summed E-state index contributed by atoms with van der Waals surface area (Å²) in [5, 5.41) is 3.83. The van der Waals surface area contributed by atoms with E-state index in [1.807, 2.05) is 0 Å². The van der Waals surface area contributed by atoms with Crippen LogP contribution in [0, 0.1) is 10.8 Å². The minimum Gasteiger partial charge on any atom is -0.312 e. The first kappa shape index (κ1) is 17.3. The smallest absolute Gasteiger partial charge is 0.0274 e. The molecule has 1 heterocycles. The van der Waals surface area contributed by atoms with Crippen molar-refractivity contribution in [3.63, 3.8) is 0 Å². The fourth-order valence-electron chi connectivity index (χ4n) is 4.92. The van der Waals surface area contributed by atoms with Gasteiger partial charge in [-0.15, -0.1) is 0 Å². The molecule has 1 aliphatic heterocycles. The number of rotatable bonds is 5. The standard InChI is InChI=1S/C19H38N2/c1-6-19(7-2)12-14-21(15-13-19)16-10-9-11-18(4,5)17(16)20-8-3/h16-17,20H,6-15H2,1-5H3. The third-order valence-electron chi connectivity index (χ3n) is 6.80. The van der Waals surface area contributed by atoms with Gasteiger partial charge in [-0.05, 0) is 56.1 Å². The monoisotopic (exact) mass is 294 g/mol. The molecule has 2 heteroatoms. The second-order valence-electron chi connectivity index (χ2n) is 8.23. The van der Waals surface area contributed by atoms with Gasteiger partial charge in [-0.2, -0.15) is 0 Å². The molecule has 0 radical (unpaired) electrons. The number of nitrogens with one attached hydrogen (secondary N) is 1. The minimum absolute atomic E-state index is 0.447. The third kappa shape index (κ3) is 3.64. The Bertz CT molecular complexity index is 310.